The first-order valence-corrected chi connectivity index (χ1v) is 8.89. The van der Waals surface area contributed by atoms with Gasteiger partial charge in [0.2, 0.25) is 5.91 Å². The summed E-state index contributed by atoms with van der Waals surface area (Å²) in [5, 5.41) is 5.38. The van der Waals surface area contributed by atoms with Crippen LogP contribution >= 0.6 is 0 Å². The van der Waals surface area contributed by atoms with Crippen LogP contribution in [0.5, 0.6) is 0 Å². The van der Waals surface area contributed by atoms with Crippen molar-refractivity contribution in [2.24, 2.45) is 0 Å². The summed E-state index contributed by atoms with van der Waals surface area (Å²) in [6, 6.07) is 20.6. The van der Waals surface area contributed by atoms with Crippen molar-refractivity contribution in [2.75, 3.05) is 23.3 Å². The lowest BCUT2D eigenvalue weighted by Gasteiger charge is -2.17. The number of carbonyl (C=O) groups excluding carboxylic acids is 1. The van der Waals surface area contributed by atoms with E-state index in [1.807, 2.05) is 30.3 Å². The highest BCUT2D eigenvalue weighted by Gasteiger charge is 2.18. The molecule has 1 amide bonds. The Labute approximate surface area is 148 Å². The third-order valence-corrected chi connectivity index (χ3v) is 4.97. The minimum atomic E-state index is 0.0253. The second-order valence-corrected chi connectivity index (χ2v) is 6.54. The number of hydrogen-bond acceptors (Lipinski definition) is 2. The number of anilines is 2. The maximum Gasteiger partial charge on any atom is 0.228 e. The Morgan fingerprint density at radius 1 is 1.08 bits per heavy atom. The van der Waals surface area contributed by atoms with Gasteiger partial charge in [0.1, 0.15) is 0 Å². The Balaban J connectivity index is 1.53. The zero-order chi connectivity index (χ0) is 17.2. The largest absolute Gasteiger partial charge is 0.371 e. The van der Waals surface area contributed by atoms with Crippen LogP contribution in [0.1, 0.15) is 18.1 Å². The number of benzene rings is 3. The van der Waals surface area contributed by atoms with E-state index >= 15 is 0 Å². The summed E-state index contributed by atoms with van der Waals surface area (Å²) in [4.78, 5) is 14.9. The smallest absolute Gasteiger partial charge is 0.228 e. The van der Waals surface area contributed by atoms with Crippen LogP contribution in [0.4, 0.5) is 11.4 Å². The summed E-state index contributed by atoms with van der Waals surface area (Å²) < 4.78 is 0. The molecule has 3 heteroatoms. The van der Waals surface area contributed by atoms with Crippen molar-refractivity contribution in [3.63, 3.8) is 0 Å². The second-order valence-electron chi connectivity index (χ2n) is 6.54. The zero-order valence-electron chi connectivity index (χ0n) is 14.5. The highest BCUT2D eigenvalue weighted by atomic mass is 16.1. The normalized spacial score (nSPS) is 13.1. The van der Waals surface area contributed by atoms with Crippen molar-refractivity contribution >= 4 is 28.1 Å². The topological polar surface area (TPSA) is 32.3 Å². The monoisotopic (exact) mass is 330 g/mol. The molecule has 0 fully saturated rings. The zero-order valence-corrected chi connectivity index (χ0v) is 14.5. The molecular formula is C22H22N2O. The first-order valence-electron chi connectivity index (χ1n) is 8.89. The van der Waals surface area contributed by atoms with Gasteiger partial charge in [0.25, 0.3) is 0 Å². The van der Waals surface area contributed by atoms with Crippen LogP contribution in [0.3, 0.4) is 0 Å². The molecule has 0 atom stereocenters. The quantitative estimate of drug-likeness (QED) is 0.769. The number of rotatable bonds is 4. The number of nitrogens with one attached hydrogen (secondary N) is 1. The van der Waals surface area contributed by atoms with Crippen molar-refractivity contribution < 1.29 is 4.79 Å². The Bertz CT molecular complexity index is 927. The first kappa shape index (κ1) is 15.7. The van der Waals surface area contributed by atoms with Crippen LogP contribution in [-0.2, 0) is 17.6 Å². The summed E-state index contributed by atoms with van der Waals surface area (Å²) in [6.07, 6.45) is 1.48. The number of hydrogen-bond donors (Lipinski definition) is 1. The Morgan fingerprint density at radius 3 is 2.80 bits per heavy atom. The van der Waals surface area contributed by atoms with Gasteiger partial charge in [0.15, 0.2) is 0 Å². The van der Waals surface area contributed by atoms with Crippen molar-refractivity contribution in [3.8, 4) is 0 Å². The second kappa shape index (κ2) is 6.60. The molecule has 0 spiro atoms. The number of likely N-dealkylation sites (N-methyl/N-ethyl adjacent to an activating group) is 1. The van der Waals surface area contributed by atoms with E-state index in [-0.39, 0.29) is 5.91 Å². The maximum absolute atomic E-state index is 12.6. The van der Waals surface area contributed by atoms with E-state index in [1.54, 1.807) is 0 Å². The Morgan fingerprint density at radius 2 is 1.92 bits per heavy atom. The fraction of sp³-hybridized carbons (Fsp3) is 0.227. The lowest BCUT2D eigenvalue weighted by Crippen LogP contribution is -2.19. The molecule has 25 heavy (non-hydrogen) atoms. The summed E-state index contributed by atoms with van der Waals surface area (Å²) >= 11 is 0. The van der Waals surface area contributed by atoms with Crippen LogP contribution in [0.15, 0.2) is 60.7 Å². The third-order valence-electron chi connectivity index (χ3n) is 4.97. The van der Waals surface area contributed by atoms with E-state index in [4.69, 9.17) is 0 Å². The molecular weight excluding hydrogens is 308 g/mol. The molecule has 0 aromatic heterocycles. The summed E-state index contributed by atoms with van der Waals surface area (Å²) in [7, 11) is 0. The van der Waals surface area contributed by atoms with Crippen molar-refractivity contribution in [1.82, 2.24) is 0 Å². The highest BCUT2D eigenvalue weighted by Crippen LogP contribution is 2.30. The van der Waals surface area contributed by atoms with Crippen LogP contribution in [0.2, 0.25) is 0 Å². The number of nitrogens with zero attached hydrogens (tertiary/aromatic N) is 1. The molecule has 1 aliphatic rings. The van der Waals surface area contributed by atoms with Crippen LogP contribution < -0.4 is 10.2 Å². The lowest BCUT2D eigenvalue weighted by atomic mass is 10.0. The first-order chi connectivity index (χ1) is 12.2. The molecule has 0 aliphatic carbocycles. The van der Waals surface area contributed by atoms with Gasteiger partial charge in [-0.25, -0.2) is 0 Å². The summed E-state index contributed by atoms with van der Waals surface area (Å²) in [6.45, 7) is 4.24. The standard InChI is InChI=1S/C22H22N2O/c1-2-24-13-12-17-10-11-19(15-21(17)24)23-22(25)14-18-8-5-7-16-6-3-4-9-20(16)18/h3-11,15H,2,12-14H2,1H3,(H,23,25). The van der Waals surface area contributed by atoms with Crippen LogP contribution in [-0.4, -0.2) is 19.0 Å². The van der Waals surface area contributed by atoms with Gasteiger partial charge in [-0.2, -0.15) is 0 Å². The molecule has 3 aromatic carbocycles. The maximum atomic E-state index is 12.6. The predicted octanol–water partition coefficient (Wildman–Crippen LogP) is 4.40. The van der Waals surface area contributed by atoms with Gasteiger partial charge in [-0.1, -0.05) is 48.5 Å². The van der Waals surface area contributed by atoms with E-state index in [1.165, 1.54) is 16.6 Å². The Kier molecular flexibility index (Phi) is 4.14. The van der Waals surface area contributed by atoms with E-state index in [0.717, 1.165) is 36.1 Å². The Hall–Kier alpha value is -2.81. The van der Waals surface area contributed by atoms with Crippen LogP contribution in [0, 0.1) is 0 Å². The van der Waals surface area contributed by atoms with Gasteiger partial charge in [-0.05, 0) is 47.4 Å². The SMILES string of the molecule is CCN1CCc2ccc(NC(=O)Cc3cccc4ccccc34)cc21. The molecule has 3 nitrogen and oxygen atoms in total. The van der Waals surface area contributed by atoms with E-state index in [2.05, 4.69) is 47.5 Å². The minimum absolute atomic E-state index is 0.0253. The lowest BCUT2D eigenvalue weighted by molar-refractivity contribution is -0.115. The molecule has 0 saturated heterocycles. The van der Waals surface area contributed by atoms with Gasteiger partial charge in [-0.15, -0.1) is 0 Å². The molecule has 126 valence electrons. The average molecular weight is 330 g/mol. The van der Waals surface area contributed by atoms with E-state index < -0.39 is 0 Å². The van der Waals surface area contributed by atoms with Gasteiger partial charge >= 0.3 is 0 Å². The molecule has 0 unspecified atom stereocenters. The van der Waals surface area contributed by atoms with Gasteiger partial charge in [-0.3, -0.25) is 4.79 Å². The van der Waals surface area contributed by atoms with Crippen molar-refractivity contribution in [2.45, 2.75) is 19.8 Å². The van der Waals surface area contributed by atoms with E-state index in [0.29, 0.717) is 6.42 Å². The molecule has 0 bridgehead atoms. The molecule has 1 heterocycles. The van der Waals surface area contributed by atoms with Crippen LogP contribution in [0.25, 0.3) is 10.8 Å². The van der Waals surface area contributed by atoms with Crippen molar-refractivity contribution in [1.29, 1.82) is 0 Å². The number of amides is 1. The number of carbonyl (C=O) groups is 1. The molecule has 1 N–H and O–H groups in total. The molecule has 0 saturated carbocycles. The third kappa shape index (κ3) is 3.10. The van der Waals surface area contributed by atoms with Gasteiger partial charge in [0, 0.05) is 24.5 Å². The van der Waals surface area contributed by atoms with E-state index in [9.17, 15) is 4.79 Å². The predicted molar refractivity (Wildman–Crippen MR) is 104 cm³/mol. The fourth-order valence-corrected chi connectivity index (χ4v) is 3.68. The summed E-state index contributed by atoms with van der Waals surface area (Å²) in [5.74, 6) is 0.0253. The molecule has 4 rings (SSSR count). The molecule has 0 radical (unpaired) electrons. The van der Waals surface area contributed by atoms with Gasteiger partial charge < -0.3 is 10.2 Å². The number of fused-ring (bicyclic) bond motifs is 2. The minimum Gasteiger partial charge on any atom is -0.371 e. The van der Waals surface area contributed by atoms with Gasteiger partial charge in [0.05, 0.1) is 6.42 Å². The fourth-order valence-electron chi connectivity index (χ4n) is 3.68. The van der Waals surface area contributed by atoms with Crippen molar-refractivity contribution in [3.05, 3.63) is 71.8 Å². The summed E-state index contributed by atoms with van der Waals surface area (Å²) in [5.41, 5.74) is 4.57. The average Bonchev–Trinajstić information content (AvgIpc) is 3.04. The molecule has 1 aliphatic heterocycles. The highest BCUT2D eigenvalue weighted by molar-refractivity contribution is 5.96. The molecule has 3 aromatic rings.